The summed E-state index contributed by atoms with van der Waals surface area (Å²) in [5.41, 5.74) is 0. The quantitative estimate of drug-likeness (QED) is 0.625. The zero-order chi connectivity index (χ0) is 9.52. The third-order valence-electron chi connectivity index (χ3n) is 2.78. The topological polar surface area (TPSA) is 21.3 Å². The Morgan fingerprint density at radius 3 is 2.77 bits per heavy atom. The molecule has 78 valence electrons. The fraction of sp³-hybridized carbons (Fsp3) is 1.00. The van der Waals surface area contributed by atoms with E-state index < -0.39 is 0 Å². The van der Waals surface area contributed by atoms with E-state index in [-0.39, 0.29) is 0 Å². The molecule has 0 aromatic carbocycles. The minimum Gasteiger partial charge on any atom is -0.381 e. The summed E-state index contributed by atoms with van der Waals surface area (Å²) in [4.78, 5) is 0. The molecule has 0 saturated heterocycles. The molecule has 2 heteroatoms. The lowest BCUT2D eigenvalue weighted by atomic mass is 10.0. The number of hydrogen-bond acceptors (Lipinski definition) is 2. The van der Waals surface area contributed by atoms with Gasteiger partial charge in [0.05, 0.1) is 0 Å². The van der Waals surface area contributed by atoms with Crippen LogP contribution in [-0.2, 0) is 4.74 Å². The summed E-state index contributed by atoms with van der Waals surface area (Å²) in [6.45, 7) is 5.34. The van der Waals surface area contributed by atoms with Crippen LogP contribution in [0.25, 0.3) is 0 Å². The van der Waals surface area contributed by atoms with Crippen LogP contribution in [0.2, 0.25) is 0 Å². The Morgan fingerprint density at radius 1 is 1.46 bits per heavy atom. The summed E-state index contributed by atoms with van der Waals surface area (Å²) in [5.74, 6) is 1.66. The van der Waals surface area contributed by atoms with E-state index in [9.17, 15) is 0 Å². The van der Waals surface area contributed by atoms with Gasteiger partial charge in [-0.05, 0) is 44.7 Å². The first-order chi connectivity index (χ1) is 6.36. The minimum atomic E-state index is 0.756. The Morgan fingerprint density at radius 2 is 2.23 bits per heavy atom. The maximum absolute atomic E-state index is 5.68. The van der Waals surface area contributed by atoms with Crippen molar-refractivity contribution in [2.24, 2.45) is 11.8 Å². The second kappa shape index (κ2) is 6.39. The first kappa shape index (κ1) is 11.0. The van der Waals surface area contributed by atoms with Gasteiger partial charge in [0.1, 0.15) is 0 Å². The van der Waals surface area contributed by atoms with Crippen LogP contribution in [0.3, 0.4) is 0 Å². The van der Waals surface area contributed by atoms with Crippen LogP contribution in [0.5, 0.6) is 0 Å². The van der Waals surface area contributed by atoms with Crippen molar-refractivity contribution in [2.45, 2.75) is 32.6 Å². The van der Waals surface area contributed by atoms with E-state index in [2.05, 4.69) is 12.2 Å². The average Bonchev–Trinajstić information content (AvgIpc) is 2.94. The van der Waals surface area contributed by atoms with E-state index in [4.69, 9.17) is 4.74 Å². The Bertz CT molecular complexity index is 123. The molecule has 0 spiro atoms. The molecule has 1 atom stereocenters. The molecule has 13 heavy (non-hydrogen) atoms. The fourth-order valence-corrected chi connectivity index (χ4v) is 1.44. The van der Waals surface area contributed by atoms with Crippen molar-refractivity contribution in [1.82, 2.24) is 5.32 Å². The second-order valence-corrected chi connectivity index (χ2v) is 4.15. The van der Waals surface area contributed by atoms with Crippen LogP contribution in [0, 0.1) is 11.8 Å². The maximum Gasteiger partial charge on any atom is 0.0494 e. The highest BCUT2D eigenvalue weighted by Gasteiger charge is 2.21. The van der Waals surface area contributed by atoms with Gasteiger partial charge in [-0.25, -0.2) is 0 Å². The Hall–Kier alpha value is -0.0800. The highest BCUT2D eigenvalue weighted by molar-refractivity contribution is 4.72. The summed E-state index contributed by atoms with van der Waals surface area (Å²) in [6.07, 6.45) is 5.28. The minimum absolute atomic E-state index is 0.756. The van der Waals surface area contributed by atoms with Crippen molar-refractivity contribution in [2.75, 3.05) is 26.8 Å². The Balaban J connectivity index is 1.93. The molecule has 1 aliphatic carbocycles. The molecule has 1 N–H and O–H groups in total. The third-order valence-corrected chi connectivity index (χ3v) is 2.78. The van der Waals surface area contributed by atoms with Crippen molar-refractivity contribution in [3.8, 4) is 0 Å². The second-order valence-electron chi connectivity index (χ2n) is 4.15. The van der Waals surface area contributed by atoms with Crippen molar-refractivity contribution >= 4 is 0 Å². The van der Waals surface area contributed by atoms with Crippen LogP contribution >= 0.6 is 0 Å². The Kier molecular flexibility index (Phi) is 5.40. The maximum atomic E-state index is 5.68. The van der Waals surface area contributed by atoms with Crippen LogP contribution in [0.1, 0.15) is 32.6 Å². The van der Waals surface area contributed by atoms with Crippen LogP contribution in [0.4, 0.5) is 0 Å². The van der Waals surface area contributed by atoms with E-state index in [0.29, 0.717) is 0 Å². The SMILES string of the molecule is CCC(CCNC)COCC1CC1. The van der Waals surface area contributed by atoms with Gasteiger partial charge in [-0.2, -0.15) is 0 Å². The zero-order valence-corrected chi connectivity index (χ0v) is 9.01. The van der Waals surface area contributed by atoms with Gasteiger partial charge in [-0.1, -0.05) is 13.3 Å². The first-order valence-corrected chi connectivity index (χ1v) is 5.59. The lowest BCUT2D eigenvalue weighted by molar-refractivity contribution is 0.0871. The largest absolute Gasteiger partial charge is 0.381 e. The number of hydrogen-bond donors (Lipinski definition) is 1. The van der Waals surface area contributed by atoms with Gasteiger partial charge >= 0.3 is 0 Å². The molecular formula is C11H23NO. The summed E-state index contributed by atoms with van der Waals surface area (Å²) in [5, 5.41) is 3.19. The predicted octanol–water partition coefficient (Wildman–Crippen LogP) is 2.05. The highest BCUT2D eigenvalue weighted by Crippen LogP contribution is 2.29. The highest BCUT2D eigenvalue weighted by atomic mass is 16.5. The fourth-order valence-electron chi connectivity index (χ4n) is 1.44. The molecule has 2 nitrogen and oxygen atoms in total. The number of nitrogens with one attached hydrogen (secondary N) is 1. The molecule has 0 aromatic rings. The van der Waals surface area contributed by atoms with Crippen molar-refractivity contribution in [3.63, 3.8) is 0 Å². The molecule has 1 fully saturated rings. The molecule has 1 rings (SSSR count). The summed E-state index contributed by atoms with van der Waals surface area (Å²) in [7, 11) is 2.01. The molecule has 0 heterocycles. The van der Waals surface area contributed by atoms with E-state index >= 15 is 0 Å². The standard InChI is InChI=1S/C11H23NO/c1-3-10(6-7-12-2)8-13-9-11-4-5-11/h10-12H,3-9H2,1-2H3. The normalized spacial score (nSPS) is 18.9. The average molecular weight is 185 g/mol. The van der Waals surface area contributed by atoms with E-state index in [1.165, 1.54) is 25.7 Å². The van der Waals surface area contributed by atoms with E-state index in [0.717, 1.165) is 31.6 Å². The van der Waals surface area contributed by atoms with E-state index in [1.54, 1.807) is 0 Å². The van der Waals surface area contributed by atoms with Gasteiger partial charge in [0.2, 0.25) is 0 Å². The van der Waals surface area contributed by atoms with Crippen LogP contribution in [0.15, 0.2) is 0 Å². The van der Waals surface area contributed by atoms with Gasteiger partial charge in [0, 0.05) is 13.2 Å². The molecule has 0 aromatic heterocycles. The molecule has 0 bridgehead atoms. The molecule has 0 aliphatic heterocycles. The Labute approximate surface area is 82.0 Å². The molecular weight excluding hydrogens is 162 g/mol. The predicted molar refractivity (Wildman–Crippen MR) is 55.9 cm³/mol. The third kappa shape index (κ3) is 5.27. The van der Waals surface area contributed by atoms with Gasteiger partial charge in [0.25, 0.3) is 0 Å². The molecule has 1 aliphatic rings. The summed E-state index contributed by atoms with van der Waals surface area (Å²) in [6, 6.07) is 0. The lowest BCUT2D eigenvalue weighted by Gasteiger charge is -2.14. The smallest absolute Gasteiger partial charge is 0.0494 e. The molecule has 0 radical (unpaired) electrons. The first-order valence-electron chi connectivity index (χ1n) is 5.59. The number of ether oxygens (including phenoxy) is 1. The monoisotopic (exact) mass is 185 g/mol. The molecule has 1 unspecified atom stereocenters. The number of rotatable bonds is 8. The van der Waals surface area contributed by atoms with E-state index in [1.807, 2.05) is 7.05 Å². The zero-order valence-electron chi connectivity index (χ0n) is 9.01. The van der Waals surface area contributed by atoms with Crippen molar-refractivity contribution in [1.29, 1.82) is 0 Å². The van der Waals surface area contributed by atoms with Crippen molar-refractivity contribution < 1.29 is 4.74 Å². The van der Waals surface area contributed by atoms with Gasteiger partial charge < -0.3 is 10.1 Å². The summed E-state index contributed by atoms with van der Waals surface area (Å²) < 4.78 is 5.68. The lowest BCUT2D eigenvalue weighted by Crippen LogP contribution is -2.17. The van der Waals surface area contributed by atoms with Gasteiger partial charge in [0.15, 0.2) is 0 Å². The van der Waals surface area contributed by atoms with Gasteiger partial charge in [-0.15, -0.1) is 0 Å². The van der Waals surface area contributed by atoms with Crippen LogP contribution < -0.4 is 5.32 Å². The molecule has 1 saturated carbocycles. The molecule has 0 amide bonds. The van der Waals surface area contributed by atoms with Crippen molar-refractivity contribution in [3.05, 3.63) is 0 Å². The summed E-state index contributed by atoms with van der Waals surface area (Å²) >= 11 is 0. The van der Waals surface area contributed by atoms with Crippen LogP contribution in [-0.4, -0.2) is 26.8 Å². The van der Waals surface area contributed by atoms with Gasteiger partial charge in [-0.3, -0.25) is 0 Å².